The van der Waals surface area contributed by atoms with Gasteiger partial charge in [-0.1, -0.05) is 11.6 Å². The zero-order chi connectivity index (χ0) is 5.11. The highest BCUT2D eigenvalue weighted by atomic mass is 35.5. The van der Waals surface area contributed by atoms with Crippen molar-refractivity contribution in [1.82, 2.24) is 0 Å². The van der Waals surface area contributed by atoms with E-state index in [0.29, 0.717) is 0 Å². The lowest BCUT2D eigenvalue weighted by Crippen LogP contribution is -1.97. The van der Waals surface area contributed by atoms with Gasteiger partial charge in [0.05, 0.1) is 0 Å². The maximum absolute atomic E-state index is 5.57. The maximum atomic E-state index is 5.57. The van der Waals surface area contributed by atoms with E-state index in [9.17, 15) is 0 Å². The van der Waals surface area contributed by atoms with E-state index >= 15 is 0 Å². The number of hydrogen-bond acceptors (Lipinski definition) is 1. The third kappa shape index (κ3) is 1.48. The van der Waals surface area contributed by atoms with Crippen molar-refractivity contribution < 1.29 is 0 Å². The Balaban J connectivity index is 2.40. The topological polar surface area (TPSA) is 12.4 Å². The molecular weight excluding hydrogens is 110 g/mol. The van der Waals surface area contributed by atoms with Gasteiger partial charge in [0.2, 0.25) is 0 Å². The molecule has 1 aliphatic rings. The van der Waals surface area contributed by atoms with Crippen LogP contribution in [-0.4, -0.2) is 11.7 Å². The highest BCUT2D eigenvalue weighted by Crippen LogP contribution is 2.07. The van der Waals surface area contributed by atoms with Gasteiger partial charge >= 0.3 is 0 Å². The van der Waals surface area contributed by atoms with Gasteiger partial charge in [-0.25, -0.2) is 0 Å². The average Bonchev–Trinajstić information content (AvgIpc) is 1.69. The molecule has 0 aromatic heterocycles. The molecule has 2 heteroatoms. The minimum Gasteiger partial charge on any atom is -0.278 e. The molecule has 1 rings (SSSR count). The van der Waals surface area contributed by atoms with Crippen molar-refractivity contribution >= 4 is 16.8 Å². The van der Waals surface area contributed by atoms with Crippen molar-refractivity contribution in [2.75, 3.05) is 6.54 Å². The largest absolute Gasteiger partial charge is 0.278 e. The Kier molecular flexibility index (Phi) is 1.69. The molecule has 0 N–H and O–H groups in total. The van der Waals surface area contributed by atoms with Crippen LogP contribution in [0, 0.1) is 0 Å². The summed E-state index contributed by atoms with van der Waals surface area (Å²) in [5, 5.41) is 0.811. The molecule has 0 unspecified atom stereocenters. The SMILES string of the molecule is ClC1=NCCCC1. The summed E-state index contributed by atoms with van der Waals surface area (Å²) in [6.45, 7) is 0.943. The minimum absolute atomic E-state index is 0.811. The van der Waals surface area contributed by atoms with E-state index in [0.717, 1.165) is 18.1 Å². The summed E-state index contributed by atoms with van der Waals surface area (Å²) in [7, 11) is 0. The lowest BCUT2D eigenvalue weighted by molar-refractivity contribution is 0.745. The standard InChI is InChI=1S/C5H8ClN/c6-5-3-1-2-4-7-5/h1-4H2. The third-order valence-electron chi connectivity index (χ3n) is 1.07. The van der Waals surface area contributed by atoms with Crippen LogP contribution < -0.4 is 0 Å². The van der Waals surface area contributed by atoms with Crippen LogP contribution in [0.5, 0.6) is 0 Å². The fourth-order valence-electron chi connectivity index (χ4n) is 0.662. The molecule has 0 aromatic carbocycles. The van der Waals surface area contributed by atoms with Crippen LogP contribution in [0.2, 0.25) is 0 Å². The molecule has 0 aromatic rings. The van der Waals surface area contributed by atoms with Gasteiger partial charge in [-0.05, 0) is 12.8 Å². The zero-order valence-corrected chi connectivity index (χ0v) is 4.91. The number of hydrogen-bond donors (Lipinski definition) is 0. The van der Waals surface area contributed by atoms with Crippen LogP contribution in [0.15, 0.2) is 4.99 Å². The molecule has 1 aliphatic heterocycles. The summed E-state index contributed by atoms with van der Waals surface area (Å²) >= 11 is 5.57. The van der Waals surface area contributed by atoms with E-state index in [-0.39, 0.29) is 0 Å². The Labute approximate surface area is 48.4 Å². The molecule has 0 radical (unpaired) electrons. The second-order valence-electron chi connectivity index (χ2n) is 1.72. The first-order chi connectivity index (χ1) is 3.39. The molecule has 7 heavy (non-hydrogen) atoms. The van der Waals surface area contributed by atoms with Crippen molar-refractivity contribution in [3.05, 3.63) is 0 Å². The van der Waals surface area contributed by atoms with Crippen molar-refractivity contribution in [2.24, 2.45) is 4.99 Å². The van der Waals surface area contributed by atoms with Crippen molar-refractivity contribution in [2.45, 2.75) is 19.3 Å². The van der Waals surface area contributed by atoms with E-state index in [1.165, 1.54) is 12.8 Å². The van der Waals surface area contributed by atoms with Crippen LogP contribution in [0.1, 0.15) is 19.3 Å². The van der Waals surface area contributed by atoms with Gasteiger partial charge in [-0.3, -0.25) is 4.99 Å². The highest BCUT2D eigenvalue weighted by molar-refractivity contribution is 6.65. The third-order valence-corrected chi connectivity index (χ3v) is 1.38. The molecule has 0 saturated carbocycles. The Morgan fingerprint density at radius 3 is 2.57 bits per heavy atom. The van der Waals surface area contributed by atoms with Crippen molar-refractivity contribution in [3.63, 3.8) is 0 Å². The normalized spacial score (nSPS) is 21.6. The first kappa shape index (κ1) is 5.10. The summed E-state index contributed by atoms with van der Waals surface area (Å²) < 4.78 is 0. The number of rotatable bonds is 0. The number of halogens is 1. The summed E-state index contributed by atoms with van der Waals surface area (Å²) in [6, 6.07) is 0. The molecular formula is C5H8ClN. The first-order valence-electron chi connectivity index (χ1n) is 2.58. The predicted molar refractivity (Wildman–Crippen MR) is 32.0 cm³/mol. The molecule has 40 valence electrons. The van der Waals surface area contributed by atoms with E-state index in [1.54, 1.807) is 0 Å². The van der Waals surface area contributed by atoms with Crippen LogP contribution in [0.25, 0.3) is 0 Å². The molecule has 0 aliphatic carbocycles. The summed E-state index contributed by atoms with van der Waals surface area (Å²) in [4.78, 5) is 4.01. The molecule has 0 amide bonds. The van der Waals surface area contributed by atoms with Gasteiger partial charge in [0.25, 0.3) is 0 Å². The summed E-state index contributed by atoms with van der Waals surface area (Å²) in [5.41, 5.74) is 0. The predicted octanol–water partition coefficient (Wildman–Crippen LogP) is 1.81. The van der Waals surface area contributed by atoms with E-state index in [2.05, 4.69) is 4.99 Å². The van der Waals surface area contributed by atoms with Gasteiger partial charge in [0, 0.05) is 13.0 Å². The lowest BCUT2D eigenvalue weighted by Gasteiger charge is -2.02. The van der Waals surface area contributed by atoms with Gasteiger partial charge in [0.1, 0.15) is 5.17 Å². The zero-order valence-electron chi connectivity index (χ0n) is 4.15. The van der Waals surface area contributed by atoms with Crippen LogP contribution in [0.3, 0.4) is 0 Å². The summed E-state index contributed by atoms with van der Waals surface area (Å²) in [6.07, 6.45) is 3.44. The second kappa shape index (κ2) is 2.31. The number of aliphatic imine (C=N–C) groups is 1. The Hall–Kier alpha value is -0.0400. The van der Waals surface area contributed by atoms with Crippen molar-refractivity contribution in [3.8, 4) is 0 Å². The van der Waals surface area contributed by atoms with Gasteiger partial charge < -0.3 is 0 Å². The molecule has 0 atom stereocenters. The molecule has 0 spiro atoms. The fourth-order valence-corrected chi connectivity index (χ4v) is 0.880. The quantitative estimate of drug-likeness (QED) is 0.459. The van der Waals surface area contributed by atoms with E-state index < -0.39 is 0 Å². The average molecular weight is 118 g/mol. The van der Waals surface area contributed by atoms with Gasteiger partial charge in [-0.15, -0.1) is 0 Å². The fraction of sp³-hybridized carbons (Fsp3) is 0.800. The molecule has 1 nitrogen and oxygen atoms in total. The van der Waals surface area contributed by atoms with E-state index in [4.69, 9.17) is 11.6 Å². The summed E-state index contributed by atoms with van der Waals surface area (Å²) in [5.74, 6) is 0. The second-order valence-corrected chi connectivity index (χ2v) is 2.15. The lowest BCUT2D eigenvalue weighted by atomic mass is 10.2. The van der Waals surface area contributed by atoms with Crippen molar-refractivity contribution in [1.29, 1.82) is 0 Å². The van der Waals surface area contributed by atoms with Gasteiger partial charge in [0.15, 0.2) is 0 Å². The Bertz CT molecular complexity index is 88.1. The van der Waals surface area contributed by atoms with Crippen LogP contribution in [-0.2, 0) is 0 Å². The molecule has 0 bridgehead atoms. The van der Waals surface area contributed by atoms with E-state index in [1.807, 2.05) is 0 Å². The Morgan fingerprint density at radius 1 is 1.43 bits per heavy atom. The Morgan fingerprint density at radius 2 is 2.29 bits per heavy atom. The number of nitrogens with zero attached hydrogens (tertiary/aromatic N) is 1. The first-order valence-corrected chi connectivity index (χ1v) is 2.96. The van der Waals surface area contributed by atoms with Gasteiger partial charge in [-0.2, -0.15) is 0 Å². The highest BCUT2D eigenvalue weighted by Gasteiger charge is 1.98. The minimum atomic E-state index is 0.811. The monoisotopic (exact) mass is 117 g/mol. The van der Waals surface area contributed by atoms with Crippen LogP contribution in [0.4, 0.5) is 0 Å². The molecule has 0 fully saturated rings. The maximum Gasteiger partial charge on any atom is 0.100 e. The van der Waals surface area contributed by atoms with Crippen LogP contribution >= 0.6 is 11.6 Å². The molecule has 1 heterocycles. The smallest absolute Gasteiger partial charge is 0.100 e. The molecule has 0 saturated heterocycles.